The minimum Gasteiger partial charge on any atom is -0.465 e. The van der Waals surface area contributed by atoms with Crippen LogP contribution in [0.1, 0.15) is 22.5 Å². The van der Waals surface area contributed by atoms with Gasteiger partial charge in [-0.15, -0.1) is 0 Å². The monoisotopic (exact) mass is 518 g/mol. The van der Waals surface area contributed by atoms with Gasteiger partial charge >= 0.3 is 5.97 Å². The number of hydrogen-bond donors (Lipinski definition) is 3. The number of benzene rings is 3. The van der Waals surface area contributed by atoms with Gasteiger partial charge in [-0.05, 0) is 35.7 Å². The fourth-order valence-electron chi connectivity index (χ4n) is 3.78. The average molecular weight is 519 g/mol. The van der Waals surface area contributed by atoms with Crippen molar-refractivity contribution in [1.29, 1.82) is 0 Å². The fourth-order valence-corrected chi connectivity index (χ4v) is 4.95. The molecule has 1 amide bonds. The van der Waals surface area contributed by atoms with Crippen LogP contribution in [0.3, 0.4) is 0 Å². The molecule has 0 saturated carbocycles. The number of fused-ring (bicyclic) bond motifs is 1. The molecule has 4 rings (SSSR count). The lowest BCUT2D eigenvalue weighted by atomic mass is 10.1. The second-order valence-electron chi connectivity index (χ2n) is 8.22. The number of nitrogens with two attached hydrogens (primary N) is 1. The van der Waals surface area contributed by atoms with Crippen LogP contribution in [0.5, 0.6) is 0 Å². The number of carbonyl (C=O) groups excluding carboxylic acids is 2. The number of nitrogens with zero attached hydrogens (tertiary/aromatic N) is 1. The predicted molar refractivity (Wildman–Crippen MR) is 140 cm³/mol. The van der Waals surface area contributed by atoms with Crippen molar-refractivity contribution in [3.05, 3.63) is 102 Å². The Morgan fingerprint density at radius 3 is 2.30 bits per heavy atom. The highest BCUT2D eigenvalue weighted by atomic mass is 32.2. The highest BCUT2D eigenvalue weighted by molar-refractivity contribution is 7.89. The Balaban J connectivity index is 1.44. The first kappa shape index (κ1) is 25.8. The quantitative estimate of drug-likeness (QED) is 0.216. The van der Waals surface area contributed by atoms with Gasteiger partial charge in [0.1, 0.15) is 12.0 Å². The van der Waals surface area contributed by atoms with Gasteiger partial charge in [-0.3, -0.25) is 9.59 Å². The number of amides is 1. The van der Waals surface area contributed by atoms with Gasteiger partial charge in [-0.2, -0.15) is 4.72 Å². The average Bonchev–Trinajstić information content (AvgIpc) is 2.89. The smallest absolute Gasteiger partial charge is 0.309 e. The SMILES string of the molecule is Nc1cc2ccccc2c(CCOC(=O)C[C@@H](NC(=O)c2ccccc2)NS(=O)(=O)c2ccccc2)n1. The number of esters is 1. The first-order chi connectivity index (χ1) is 17.8. The van der Waals surface area contributed by atoms with Crippen LogP contribution in [0.25, 0.3) is 10.8 Å². The molecule has 1 aromatic heterocycles. The molecule has 0 unspecified atom stereocenters. The van der Waals surface area contributed by atoms with Crippen molar-refractivity contribution in [2.75, 3.05) is 12.3 Å². The molecule has 0 fully saturated rings. The Kier molecular flexibility index (Phi) is 8.11. The molecule has 0 spiro atoms. The van der Waals surface area contributed by atoms with Crippen molar-refractivity contribution in [2.45, 2.75) is 23.9 Å². The molecule has 190 valence electrons. The molecular formula is C27H26N4O5S. The maximum atomic E-state index is 12.9. The van der Waals surface area contributed by atoms with Gasteiger partial charge in [-0.25, -0.2) is 13.4 Å². The summed E-state index contributed by atoms with van der Waals surface area (Å²) in [5.74, 6) is -0.869. The molecule has 0 radical (unpaired) electrons. The zero-order chi connectivity index (χ0) is 26.3. The summed E-state index contributed by atoms with van der Waals surface area (Å²) in [7, 11) is -4.02. The minimum atomic E-state index is -4.02. The molecule has 1 atom stereocenters. The summed E-state index contributed by atoms with van der Waals surface area (Å²) in [4.78, 5) is 29.7. The van der Waals surface area contributed by atoms with Crippen LogP contribution < -0.4 is 15.8 Å². The zero-order valence-electron chi connectivity index (χ0n) is 19.8. The van der Waals surface area contributed by atoms with E-state index in [-0.39, 0.29) is 11.5 Å². The normalized spacial score (nSPS) is 12.1. The van der Waals surface area contributed by atoms with Crippen LogP contribution >= 0.6 is 0 Å². The summed E-state index contributed by atoms with van der Waals surface area (Å²) in [6.45, 7) is 0.00404. The zero-order valence-corrected chi connectivity index (χ0v) is 20.6. The summed E-state index contributed by atoms with van der Waals surface area (Å²) in [5, 5.41) is 4.40. The van der Waals surface area contributed by atoms with Gasteiger partial charge in [0.2, 0.25) is 10.0 Å². The number of pyridine rings is 1. The van der Waals surface area contributed by atoms with Crippen LogP contribution in [-0.2, 0) is 26.0 Å². The molecule has 4 N–H and O–H groups in total. The molecule has 0 bridgehead atoms. The fraction of sp³-hybridized carbons (Fsp3) is 0.148. The van der Waals surface area contributed by atoms with Gasteiger partial charge in [0, 0.05) is 17.4 Å². The number of hydrogen-bond acceptors (Lipinski definition) is 7. The van der Waals surface area contributed by atoms with E-state index in [2.05, 4.69) is 15.0 Å². The summed E-state index contributed by atoms with van der Waals surface area (Å²) in [5.41, 5.74) is 6.90. The highest BCUT2D eigenvalue weighted by Crippen LogP contribution is 2.20. The lowest BCUT2D eigenvalue weighted by Crippen LogP contribution is -2.49. The number of ether oxygens (including phenoxy) is 1. The molecular weight excluding hydrogens is 492 g/mol. The van der Waals surface area contributed by atoms with Crippen LogP contribution in [0.4, 0.5) is 5.82 Å². The number of carbonyl (C=O) groups is 2. The van der Waals surface area contributed by atoms with Crippen molar-refractivity contribution in [3.63, 3.8) is 0 Å². The minimum absolute atomic E-state index is 0.00180. The lowest BCUT2D eigenvalue weighted by molar-refractivity contribution is -0.144. The van der Waals surface area contributed by atoms with E-state index in [0.717, 1.165) is 10.8 Å². The molecule has 0 aliphatic rings. The van der Waals surface area contributed by atoms with Gasteiger partial charge in [-0.1, -0.05) is 60.7 Å². The van der Waals surface area contributed by atoms with E-state index in [1.807, 2.05) is 24.3 Å². The first-order valence-electron chi connectivity index (χ1n) is 11.5. The lowest BCUT2D eigenvalue weighted by Gasteiger charge is -2.20. The number of nitrogen functional groups attached to an aromatic ring is 1. The van der Waals surface area contributed by atoms with E-state index >= 15 is 0 Å². The van der Waals surface area contributed by atoms with Crippen molar-refractivity contribution in [2.24, 2.45) is 0 Å². The van der Waals surface area contributed by atoms with Crippen LogP contribution in [0.15, 0.2) is 95.9 Å². The Labute approximate surface area is 214 Å². The van der Waals surface area contributed by atoms with Crippen molar-refractivity contribution in [3.8, 4) is 0 Å². The van der Waals surface area contributed by atoms with Gasteiger partial charge in [0.25, 0.3) is 5.91 Å². The molecule has 9 nitrogen and oxygen atoms in total. The molecule has 3 aromatic carbocycles. The molecule has 4 aromatic rings. The van der Waals surface area contributed by atoms with Crippen molar-refractivity contribution < 1.29 is 22.7 Å². The van der Waals surface area contributed by atoms with Crippen LogP contribution in [0, 0.1) is 0 Å². The predicted octanol–water partition coefficient (Wildman–Crippen LogP) is 3.03. The Morgan fingerprint density at radius 1 is 0.919 bits per heavy atom. The van der Waals surface area contributed by atoms with E-state index in [0.29, 0.717) is 23.5 Å². The largest absolute Gasteiger partial charge is 0.465 e. The van der Waals surface area contributed by atoms with Crippen LogP contribution in [0.2, 0.25) is 0 Å². The highest BCUT2D eigenvalue weighted by Gasteiger charge is 2.25. The van der Waals surface area contributed by atoms with Gasteiger partial charge in [0.05, 0.1) is 23.6 Å². The summed E-state index contributed by atoms with van der Waals surface area (Å²) < 4.78 is 33.5. The molecule has 10 heteroatoms. The third-order valence-corrected chi connectivity index (χ3v) is 6.99. The molecule has 0 aliphatic carbocycles. The van der Waals surface area contributed by atoms with E-state index in [9.17, 15) is 18.0 Å². The molecule has 0 aliphatic heterocycles. The van der Waals surface area contributed by atoms with E-state index in [1.54, 1.807) is 54.6 Å². The number of anilines is 1. The van der Waals surface area contributed by atoms with E-state index < -0.39 is 34.5 Å². The Bertz CT molecular complexity index is 1500. The van der Waals surface area contributed by atoms with Crippen molar-refractivity contribution >= 4 is 38.5 Å². The van der Waals surface area contributed by atoms with E-state index in [1.165, 1.54) is 12.1 Å². The third-order valence-electron chi connectivity index (χ3n) is 5.50. The number of nitrogens with one attached hydrogen (secondary N) is 2. The standard InChI is InChI=1S/C27H26N4O5S/c28-24-17-20-11-7-8-14-22(20)23(29-24)15-16-36-26(32)18-25(30-27(33)19-9-3-1-4-10-19)31-37(34,35)21-12-5-2-6-13-21/h1-14,17,25,31H,15-16,18H2,(H2,28,29)(H,30,33)/t25-/m0/s1. The first-order valence-corrected chi connectivity index (χ1v) is 13.0. The second kappa shape index (κ2) is 11.6. The summed E-state index contributed by atoms with van der Waals surface area (Å²) in [6.07, 6.45) is -1.35. The summed E-state index contributed by atoms with van der Waals surface area (Å²) >= 11 is 0. The van der Waals surface area contributed by atoms with E-state index in [4.69, 9.17) is 10.5 Å². The van der Waals surface area contributed by atoms with Crippen molar-refractivity contribution in [1.82, 2.24) is 15.0 Å². The third kappa shape index (κ3) is 6.90. The maximum Gasteiger partial charge on any atom is 0.309 e. The topological polar surface area (TPSA) is 140 Å². The number of sulfonamides is 1. The van der Waals surface area contributed by atoms with Gasteiger partial charge < -0.3 is 15.8 Å². The number of rotatable bonds is 10. The second-order valence-corrected chi connectivity index (χ2v) is 9.93. The Morgan fingerprint density at radius 2 is 1.57 bits per heavy atom. The van der Waals surface area contributed by atoms with Gasteiger partial charge in [0.15, 0.2) is 0 Å². The summed E-state index contributed by atoms with van der Waals surface area (Å²) in [6, 6.07) is 25.3. The number of aromatic nitrogens is 1. The Hall–Kier alpha value is -4.28. The van der Waals surface area contributed by atoms with Crippen LogP contribution in [-0.4, -0.2) is 38.1 Å². The maximum absolute atomic E-state index is 12.9. The molecule has 1 heterocycles. The molecule has 37 heavy (non-hydrogen) atoms. The molecule has 0 saturated heterocycles.